The van der Waals surface area contributed by atoms with Gasteiger partial charge in [0.1, 0.15) is 0 Å². The van der Waals surface area contributed by atoms with Crippen LogP contribution in [0, 0.1) is 6.92 Å². The third-order valence-corrected chi connectivity index (χ3v) is 3.67. The van der Waals surface area contributed by atoms with Gasteiger partial charge in [-0.15, -0.1) is 0 Å². The molecule has 0 saturated heterocycles. The van der Waals surface area contributed by atoms with E-state index in [-0.39, 0.29) is 11.6 Å². The molecule has 4 heteroatoms. The lowest BCUT2D eigenvalue weighted by molar-refractivity contribution is -0.0188. The van der Waals surface area contributed by atoms with E-state index in [0.717, 1.165) is 25.1 Å². The molecule has 4 nitrogen and oxygen atoms in total. The zero-order valence-corrected chi connectivity index (χ0v) is 11.7. The van der Waals surface area contributed by atoms with Crippen LogP contribution in [0.4, 0.5) is 0 Å². The topological polar surface area (TPSA) is 53.1 Å². The minimum absolute atomic E-state index is 0.0149. The summed E-state index contributed by atoms with van der Waals surface area (Å²) < 4.78 is 7.56. The van der Waals surface area contributed by atoms with Crippen molar-refractivity contribution in [1.82, 2.24) is 9.78 Å². The van der Waals surface area contributed by atoms with E-state index < -0.39 is 0 Å². The van der Waals surface area contributed by atoms with Gasteiger partial charge in [-0.3, -0.25) is 4.68 Å². The van der Waals surface area contributed by atoms with Gasteiger partial charge in [-0.25, -0.2) is 0 Å². The molecule has 2 N–H and O–H groups in total. The molecule has 0 aliphatic carbocycles. The first-order valence-electron chi connectivity index (χ1n) is 6.30. The fraction of sp³-hybridized carbons (Fsp3) is 0.769. The van der Waals surface area contributed by atoms with Gasteiger partial charge in [-0.2, -0.15) is 5.10 Å². The van der Waals surface area contributed by atoms with Crippen LogP contribution < -0.4 is 5.73 Å². The summed E-state index contributed by atoms with van der Waals surface area (Å²) in [4.78, 5) is 0. The van der Waals surface area contributed by atoms with Crippen molar-refractivity contribution >= 4 is 0 Å². The molecule has 0 amide bonds. The summed E-state index contributed by atoms with van der Waals surface area (Å²) in [5.74, 6) is 0. The van der Waals surface area contributed by atoms with E-state index in [9.17, 15) is 0 Å². The number of ether oxygens (including phenoxy) is 1. The quantitative estimate of drug-likeness (QED) is 0.825. The van der Waals surface area contributed by atoms with Gasteiger partial charge in [0, 0.05) is 31.8 Å². The second kappa shape index (κ2) is 5.65. The van der Waals surface area contributed by atoms with Gasteiger partial charge in [0.15, 0.2) is 0 Å². The summed E-state index contributed by atoms with van der Waals surface area (Å²) in [7, 11) is 1.73. The van der Waals surface area contributed by atoms with Crippen LogP contribution in [0.2, 0.25) is 0 Å². The molecule has 0 spiro atoms. The molecule has 0 aliphatic rings. The summed E-state index contributed by atoms with van der Waals surface area (Å²) in [5.41, 5.74) is 8.24. The van der Waals surface area contributed by atoms with Crippen LogP contribution in [0.3, 0.4) is 0 Å². The molecule has 0 radical (unpaired) electrons. The van der Waals surface area contributed by atoms with Crippen molar-refractivity contribution in [3.05, 3.63) is 17.5 Å². The van der Waals surface area contributed by atoms with Crippen LogP contribution in [0.5, 0.6) is 0 Å². The SMILES string of the molecule is CCn1nc(C)cc1CC(N)C(C)(CC)OC. The largest absolute Gasteiger partial charge is 0.377 e. The maximum Gasteiger partial charge on any atom is 0.0802 e. The van der Waals surface area contributed by atoms with Gasteiger partial charge < -0.3 is 10.5 Å². The summed E-state index contributed by atoms with van der Waals surface area (Å²) in [5, 5.41) is 4.44. The van der Waals surface area contributed by atoms with Gasteiger partial charge >= 0.3 is 0 Å². The lowest BCUT2D eigenvalue weighted by Crippen LogP contribution is -2.48. The molecule has 0 fully saturated rings. The summed E-state index contributed by atoms with van der Waals surface area (Å²) >= 11 is 0. The molecule has 1 heterocycles. The van der Waals surface area contributed by atoms with Crippen LogP contribution in [0.1, 0.15) is 38.6 Å². The van der Waals surface area contributed by atoms with Crippen molar-refractivity contribution in [2.45, 2.75) is 58.7 Å². The minimum atomic E-state index is -0.267. The number of hydrogen-bond acceptors (Lipinski definition) is 3. The molecular formula is C13H25N3O. The highest BCUT2D eigenvalue weighted by Crippen LogP contribution is 2.21. The average molecular weight is 239 g/mol. The van der Waals surface area contributed by atoms with Crippen molar-refractivity contribution < 1.29 is 4.74 Å². The molecule has 2 atom stereocenters. The van der Waals surface area contributed by atoms with Crippen molar-refractivity contribution in [2.75, 3.05) is 7.11 Å². The molecule has 1 aromatic rings. The molecular weight excluding hydrogens is 214 g/mol. The summed E-state index contributed by atoms with van der Waals surface area (Å²) in [6.45, 7) is 9.15. The van der Waals surface area contributed by atoms with Crippen molar-refractivity contribution in [1.29, 1.82) is 0 Å². The van der Waals surface area contributed by atoms with Gasteiger partial charge in [-0.1, -0.05) is 6.92 Å². The molecule has 17 heavy (non-hydrogen) atoms. The Hall–Kier alpha value is -0.870. The van der Waals surface area contributed by atoms with E-state index in [1.54, 1.807) is 7.11 Å². The average Bonchev–Trinajstić information content (AvgIpc) is 2.68. The van der Waals surface area contributed by atoms with Gasteiger partial charge in [-0.05, 0) is 33.3 Å². The van der Waals surface area contributed by atoms with Gasteiger partial charge in [0.2, 0.25) is 0 Å². The second-order valence-electron chi connectivity index (χ2n) is 4.77. The van der Waals surface area contributed by atoms with Crippen LogP contribution in [-0.4, -0.2) is 28.5 Å². The van der Waals surface area contributed by atoms with Crippen molar-refractivity contribution in [3.8, 4) is 0 Å². The minimum Gasteiger partial charge on any atom is -0.377 e. The van der Waals surface area contributed by atoms with E-state index in [0.29, 0.717) is 0 Å². The maximum atomic E-state index is 6.27. The smallest absolute Gasteiger partial charge is 0.0802 e. The molecule has 1 rings (SSSR count). The number of nitrogens with zero attached hydrogens (tertiary/aromatic N) is 2. The third-order valence-electron chi connectivity index (χ3n) is 3.67. The molecule has 2 unspecified atom stereocenters. The second-order valence-corrected chi connectivity index (χ2v) is 4.77. The first-order valence-corrected chi connectivity index (χ1v) is 6.30. The fourth-order valence-corrected chi connectivity index (χ4v) is 2.04. The number of hydrogen-bond donors (Lipinski definition) is 1. The zero-order valence-electron chi connectivity index (χ0n) is 11.7. The maximum absolute atomic E-state index is 6.27. The molecule has 0 aliphatic heterocycles. The van der Waals surface area contributed by atoms with Crippen LogP contribution in [0.25, 0.3) is 0 Å². The normalized spacial score (nSPS) is 16.8. The fourth-order valence-electron chi connectivity index (χ4n) is 2.04. The Kier molecular flexibility index (Phi) is 4.71. The van der Waals surface area contributed by atoms with Gasteiger partial charge in [0.25, 0.3) is 0 Å². The standard InChI is InChI=1S/C13H25N3O/c1-6-13(4,17-5)12(14)9-11-8-10(3)15-16(11)7-2/h8,12H,6-7,9,14H2,1-5H3. The van der Waals surface area contributed by atoms with E-state index >= 15 is 0 Å². The van der Waals surface area contributed by atoms with E-state index in [1.165, 1.54) is 5.69 Å². The third kappa shape index (κ3) is 3.07. The predicted octanol–water partition coefficient (Wildman–Crippen LogP) is 1.90. The Bertz CT molecular complexity index is 356. The van der Waals surface area contributed by atoms with Crippen LogP contribution in [0.15, 0.2) is 6.07 Å². The van der Waals surface area contributed by atoms with E-state index in [1.807, 2.05) is 11.6 Å². The lowest BCUT2D eigenvalue weighted by atomic mass is 9.90. The molecule has 0 saturated carbocycles. The highest BCUT2D eigenvalue weighted by Gasteiger charge is 2.30. The zero-order chi connectivity index (χ0) is 13.1. The Labute approximate surface area is 104 Å². The summed E-state index contributed by atoms with van der Waals surface area (Å²) in [6, 6.07) is 2.09. The number of aryl methyl sites for hydroxylation is 2. The Morgan fingerprint density at radius 3 is 2.65 bits per heavy atom. The lowest BCUT2D eigenvalue weighted by Gasteiger charge is -2.33. The van der Waals surface area contributed by atoms with Crippen molar-refractivity contribution in [2.24, 2.45) is 5.73 Å². The number of aromatic nitrogens is 2. The first-order chi connectivity index (χ1) is 7.96. The molecule has 0 aromatic carbocycles. The highest BCUT2D eigenvalue weighted by molar-refractivity contribution is 5.11. The Morgan fingerprint density at radius 1 is 1.53 bits per heavy atom. The molecule has 1 aromatic heterocycles. The van der Waals surface area contributed by atoms with E-state index in [4.69, 9.17) is 10.5 Å². The monoisotopic (exact) mass is 239 g/mol. The Balaban J connectivity index is 2.83. The van der Waals surface area contributed by atoms with Crippen LogP contribution in [-0.2, 0) is 17.7 Å². The van der Waals surface area contributed by atoms with Crippen molar-refractivity contribution in [3.63, 3.8) is 0 Å². The number of nitrogens with two attached hydrogens (primary N) is 1. The first kappa shape index (κ1) is 14.2. The van der Waals surface area contributed by atoms with Gasteiger partial charge in [0.05, 0.1) is 11.3 Å². The molecule has 0 bridgehead atoms. The predicted molar refractivity (Wildman–Crippen MR) is 70.0 cm³/mol. The molecule has 98 valence electrons. The van der Waals surface area contributed by atoms with Crippen LogP contribution >= 0.6 is 0 Å². The number of rotatable bonds is 6. The number of methoxy groups -OCH3 is 1. The highest BCUT2D eigenvalue weighted by atomic mass is 16.5. The Morgan fingerprint density at radius 2 is 2.18 bits per heavy atom. The van der Waals surface area contributed by atoms with E-state index in [2.05, 4.69) is 31.9 Å². The summed E-state index contributed by atoms with van der Waals surface area (Å²) in [6.07, 6.45) is 1.71.